The van der Waals surface area contributed by atoms with Gasteiger partial charge < -0.3 is 10.2 Å². The lowest BCUT2D eigenvalue weighted by molar-refractivity contribution is -0.117. The second kappa shape index (κ2) is 8.70. The fourth-order valence-corrected chi connectivity index (χ4v) is 4.17. The van der Waals surface area contributed by atoms with Crippen LogP contribution in [-0.2, 0) is 11.3 Å². The van der Waals surface area contributed by atoms with Crippen molar-refractivity contribution in [3.8, 4) is 0 Å². The lowest BCUT2D eigenvalue weighted by atomic mass is 10.1. The van der Waals surface area contributed by atoms with E-state index in [0.29, 0.717) is 35.1 Å². The quantitative estimate of drug-likeness (QED) is 0.513. The fraction of sp³-hybridized carbons (Fsp3) is 0.154. The van der Waals surface area contributed by atoms with Crippen LogP contribution in [0.15, 0.2) is 83.7 Å². The summed E-state index contributed by atoms with van der Waals surface area (Å²) in [6.45, 7) is 0.874. The van der Waals surface area contributed by atoms with Crippen molar-refractivity contribution in [2.75, 3.05) is 16.8 Å². The van der Waals surface area contributed by atoms with E-state index in [0.717, 1.165) is 12.0 Å². The van der Waals surface area contributed by atoms with Gasteiger partial charge in [-0.15, -0.1) is 0 Å². The molecule has 0 aliphatic carbocycles. The van der Waals surface area contributed by atoms with Crippen LogP contribution in [0, 0.1) is 0 Å². The zero-order valence-corrected chi connectivity index (χ0v) is 17.9. The molecule has 1 aliphatic rings. The van der Waals surface area contributed by atoms with Gasteiger partial charge in [-0.1, -0.05) is 60.7 Å². The zero-order valence-electron chi connectivity index (χ0n) is 17.9. The molecule has 0 unspecified atom stereocenters. The largest absolute Gasteiger partial charge is 0.319 e. The number of carbonyl (C=O) groups is 2. The maximum atomic E-state index is 13.4. The van der Waals surface area contributed by atoms with Crippen LogP contribution in [0.5, 0.6) is 0 Å². The van der Waals surface area contributed by atoms with Crippen molar-refractivity contribution in [1.82, 2.24) is 9.78 Å². The third-order valence-corrected chi connectivity index (χ3v) is 5.77. The topological polar surface area (TPSA) is 84.3 Å². The summed E-state index contributed by atoms with van der Waals surface area (Å²) in [6.07, 6.45) is 1.29. The van der Waals surface area contributed by atoms with Gasteiger partial charge in [0.2, 0.25) is 5.91 Å². The number of aromatic nitrogens is 2. The number of nitrogens with zero attached hydrogens (tertiary/aromatic N) is 3. The smallest absolute Gasteiger partial charge is 0.276 e. The van der Waals surface area contributed by atoms with Gasteiger partial charge in [-0.25, -0.2) is 4.68 Å². The molecule has 0 spiro atoms. The van der Waals surface area contributed by atoms with E-state index in [1.54, 1.807) is 35.2 Å². The minimum absolute atomic E-state index is 0.0386. The van der Waals surface area contributed by atoms with Crippen LogP contribution in [0.25, 0.3) is 10.8 Å². The van der Waals surface area contributed by atoms with Crippen molar-refractivity contribution >= 4 is 34.0 Å². The summed E-state index contributed by atoms with van der Waals surface area (Å²) in [6, 6.07) is 23.7. The van der Waals surface area contributed by atoms with E-state index in [-0.39, 0.29) is 23.7 Å². The third-order valence-electron chi connectivity index (χ3n) is 5.77. The first kappa shape index (κ1) is 20.6. The molecular formula is C26H22N4O3. The van der Waals surface area contributed by atoms with Gasteiger partial charge in [0.15, 0.2) is 5.69 Å². The summed E-state index contributed by atoms with van der Waals surface area (Å²) in [5.41, 5.74) is 2.00. The van der Waals surface area contributed by atoms with Crippen molar-refractivity contribution in [2.45, 2.75) is 19.4 Å². The average molecular weight is 438 g/mol. The molecule has 164 valence electrons. The maximum absolute atomic E-state index is 13.4. The molecule has 3 aromatic carbocycles. The molecule has 4 aromatic rings. The standard InChI is InChI=1S/C26H22N4O3/c31-23-15-8-16-29(23)22-14-7-6-13-21(22)27-25(32)24-19-11-4-5-12-20(19)26(33)30(28-24)17-18-9-2-1-3-10-18/h1-7,9-14H,8,15-17H2,(H,27,32). The highest BCUT2D eigenvalue weighted by Crippen LogP contribution is 2.30. The maximum Gasteiger partial charge on any atom is 0.276 e. The Bertz CT molecular complexity index is 1410. The van der Waals surface area contributed by atoms with Crippen molar-refractivity contribution in [2.24, 2.45) is 0 Å². The number of anilines is 2. The van der Waals surface area contributed by atoms with Crippen LogP contribution < -0.4 is 15.8 Å². The van der Waals surface area contributed by atoms with Gasteiger partial charge in [-0.2, -0.15) is 5.10 Å². The number of rotatable bonds is 5. The molecule has 2 amide bonds. The van der Waals surface area contributed by atoms with E-state index in [9.17, 15) is 14.4 Å². The molecule has 1 fully saturated rings. The second-order valence-electron chi connectivity index (χ2n) is 7.96. The van der Waals surface area contributed by atoms with Gasteiger partial charge in [0.1, 0.15) is 0 Å². The van der Waals surface area contributed by atoms with Gasteiger partial charge in [-0.3, -0.25) is 14.4 Å². The van der Waals surface area contributed by atoms with Crippen molar-refractivity contribution in [3.63, 3.8) is 0 Å². The lowest BCUT2D eigenvalue weighted by Gasteiger charge is -2.20. The number of fused-ring (bicyclic) bond motifs is 1. The van der Waals surface area contributed by atoms with Crippen LogP contribution >= 0.6 is 0 Å². The summed E-state index contributed by atoms with van der Waals surface area (Å²) < 4.78 is 1.32. The molecule has 7 nitrogen and oxygen atoms in total. The van der Waals surface area contributed by atoms with Gasteiger partial charge in [0.05, 0.1) is 23.3 Å². The Morgan fingerprint density at radius 3 is 2.33 bits per heavy atom. The van der Waals surface area contributed by atoms with E-state index in [1.807, 2.05) is 48.5 Å². The molecule has 0 saturated carbocycles. The number of nitrogens with one attached hydrogen (secondary N) is 1. The number of para-hydroxylation sites is 2. The molecule has 2 heterocycles. The Balaban J connectivity index is 1.55. The second-order valence-corrected chi connectivity index (χ2v) is 7.96. The molecule has 33 heavy (non-hydrogen) atoms. The first-order valence-corrected chi connectivity index (χ1v) is 10.9. The van der Waals surface area contributed by atoms with Gasteiger partial charge in [0, 0.05) is 18.4 Å². The van der Waals surface area contributed by atoms with E-state index in [2.05, 4.69) is 10.4 Å². The molecule has 1 aliphatic heterocycles. The highest BCUT2D eigenvalue weighted by molar-refractivity contribution is 6.13. The molecule has 1 aromatic heterocycles. The van der Waals surface area contributed by atoms with Crippen molar-refractivity contribution in [3.05, 3.63) is 100 Å². The average Bonchev–Trinajstić information content (AvgIpc) is 3.27. The van der Waals surface area contributed by atoms with Gasteiger partial charge in [0.25, 0.3) is 11.5 Å². The predicted molar refractivity (Wildman–Crippen MR) is 128 cm³/mol. The number of hydrogen-bond acceptors (Lipinski definition) is 4. The lowest BCUT2D eigenvalue weighted by Crippen LogP contribution is -2.29. The molecule has 1 saturated heterocycles. The van der Waals surface area contributed by atoms with E-state index >= 15 is 0 Å². The van der Waals surface area contributed by atoms with Gasteiger partial charge >= 0.3 is 0 Å². The Morgan fingerprint density at radius 1 is 0.879 bits per heavy atom. The molecule has 0 radical (unpaired) electrons. The highest BCUT2D eigenvalue weighted by atomic mass is 16.2. The first-order chi connectivity index (χ1) is 16.1. The molecule has 1 N–H and O–H groups in total. The molecule has 5 rings (SSSR count). The van der Waals surface area contributed by atoms with Gasteiger partial charge in [-0.05, 0) is 30.2 Å². The molecular weight excluding hydrogens is 416 g/mol. The number of hydrogen-bond donors (Lipinski definition) is 1. The number of amides is 2. The molecule has 0 atom stereocenters. The summed E-state index contributed by atoms with van der Waals surface area (Å²) in [5, 5.41) is 8.27. The third kappa shape index (κ3) is 4.01. The molecule has 0 bridgehead atoms. The van der Waals surface area contributed by atoms with Crippen LogP contribution in [0.2, 0.25) is 0 Å². The number of carbonyl (C=O) groups excluding carboxylic acids is 2. The SMILES string of the molecule is O=C(Nc1ccccc1N1CCCC1=O)c1nn(Cc2ccccc2)c(=O)c2ccccc12. The normalized spacial score (nSPS) is 13.5. The van der Waals surface area contributed by atoms with Crippen LogP contribution in [0.3, 0.4) is 0 Å². The van der Waals surface area contributed by atoms with Crippen molar-refractivity contribution < 1.29 is 9.59 Å². The summed E-state index contributed by atoms with van der Waals surface area (Å²) >= 11 is 0. The van der Waals surface area contributed by atoms with Crippen LogP contribution in [-0.4, -0.2) is 28.1 Å². The summed E-state index contributed by atoms with van der Waals surface area (Å²) in [5.74, 6) is -0.399. The Hall–Kier alpha value is -4.26. The fourth-order valence-electron chi connectivity index (χ4n) is 4.17. The minimum atomic E-state index is -0.438. The Labute approximate surface area is 190 Å². The van der Waals surface area contributed by atoms with Crippen LogP contribution in [0.1, 0.15) is 28.9 Å². The monoisotopic (exact) mass is 438 g/mol. The predicted octanol–water partition coefficient (Wildman–Crippen LogP) is 3.82. The van der Waals surface area contributed by atoms with E-state index in [4.69, 9.17) is 0 Å². The number of benzene rings is 3. The highest BCUT2D eigenvalue weighted by Gasteiger charge is 2.25. The first-order valence-electron chi connectivity index (χ1n) is 10.9. The van der Waals surface area contributed by atoms with E-state index in [1.165, 1.54) is 4.68 Å². The molecule has 7 heteroatoms. The van der Waals surface area contributed by atoms with Crippen LogP contribution in [0.4, 0.5) is 11.4 Å². The zero-order chi connectivity index (χ0) is 22.8. The Kier molecular flexibility index (Phi) is 5.44. The summed E-state index contributed by atoms with van der Waals surface area (Å²) in [4.78, 5) is 40.4. The summed E-state index contributed by atoms with van der Waals surface area (Å²) in [7, 11) is 0. The minimum Gasteiger partial charge on any atom is -0.319 e. The van der Waals surface area contributed by atoms with E-state index < -0.39 is 5.91 Å². The Morgan fingerprint density at radius 2 is 1.58 bits per heavy atom. The van der Waals surface area contributed by atoms with Crippen molar-refractivity contribution in [1.29, 1.82) is 0 Å².